The smallest absolute Gasteiger partial charge is 0.234 e. The van der Waals surface area contributed by atoms with Crippen molar-refractivity contribution < 1.29 is 14.3 Å². The van der Waals surface area contributed by atoms with Crippen molar-refractivity contribution in [3.8, 4) is 5.69 Å². The van der Waals surface area contributed by atoms with Crippen LogP contribution in [0.4, 0.5) is 5.69 Å². The fourth-order valence-corrected chi connectivity index (χ4v) is 6.10. The molecule has 2 aromatic heterocycles. The molecule has 1 aliphatic rings. The maximum atomic E-state index is 12.5. The molecule has 3 heterocycles. The first-order valence-electron chi connectivity index (χ1n) is 10.8. The highest BCUT2D eigenvalue weighted by atomic mass is 32.2. The number of aromatic nitrogens is 5. The molecule has 1 fully saturated rings. The molecular weight excluding hydrogens is 506 g/mol. The van der Waals surface area contributed by atoms with Crippen LogP contribution >= 0.6 is 34.9 Å². The van der Waals surface area contributed by atoms with Gasteiger partial charge in [0.15, 0.2) is 4.34 Å². The van der Waals surface area contributed by atoms with Crippen LogP contribution in [-0.2, 0) is 14.3 Å². The molecule has 0 bridgehead atoms. The molecule has 1 aliphatic heterocycles. The van der Waals surface area contributed by atoms with E-state index in [2.05, 4.69) is 25.8 Å². The lowest BCUT2D eigenvalue weighted by molar-refractivity contribution is -0.132. The van der Waals surface area contributed by atoms with Gasteiger partial charge in [-0.05, 0) is 40.8 Å². The van der Waals surface area contributed by atoms with Gasteiger partial charge in [-0.3, -0.25) is 9.59 Å². The average molecular weight is 528 g/mol. The van der Waals surface area contributed by atoms with Gasteiger partial charge in [-0.25, -0.2) is 4.98 Å². The van der Waals surface area contributed by atoms with Crippen LogP contribution in [0, 0.1) is 0 Å². The van der Waals surface area contributed by atoms with Gasteiger partial charge in [-0.15, -0.1) is 16.4 Å². The summed E-state index contributed by atoms with van der Waals surface area (Å²) < 4.78 is 8.67. The number of carbonyl (C=O) groups excluding carboxylic acids is 2. The van der Waals surface area contributed by atoms with E-state index in [9.17, 15) is 9.59 Å². The zero-order chi connectivity index (χ0) is 24.0. The number of benzene rings is 2. The van der Waals surface area contributed by atoms with Crippen molar-refractivity contribution in [2.24, 2.45) is 0 Å². The van der Waals surface area contributed by atoms with Crippen LogP contribution in [0.15, 0.2) is 58.0 Å². The maximum absolute atomic E-state index is 12.5. The molecule has 0 aliphatic carbocycles. The number of hydrogen-bond acceptors (Lipinski definition) is 10. The Hall–Kier alpha value is -3.00. The summed E-state index contributed by atoms with van der Waals surface area (Å²) in [5.41, 5.74) is 2.36. The Morgan fingerprint density at radius 2 is 1.89 bits per heavy atom. The lowest BCUT2D eigenvalue weighted by Gasteiger charge is -2.26. The van der Waals surface area contributed by atoms with E-state index in [1.807, 2.05) is 53.4 Å². The first-order valence-corrected chi connectivity index (χ1v) is 13.6. The van der Waals surface area contributed by atoms with Crippen molar-refractivity contribution in [2.45, 2.75) is 9.50 Å². The summed E-state index contributed by atoms with van der Waals surface area (Å²) in [6.45, 7) is 2.47. The van der Waals surface area contributed by atoms with Gasteiger partial charge in [0.25, 0.3) is 0 Å². The second-order valence-electron chi connectivity index (χ2n) is 7.49. The van der Waals surface area contributed by atoms with E-state index in [1.54, 1.807) is 4.68 Å². The number of thiazole rings is 1. The minimum atomic E-state index is -0.160. The molecule has 10 nitrogen and oxygen atoms in total. The van der Waals surface area contributed by atoms with E-state index in [0.717, 1.165) is 20.2 Å². The Kier molecular flexibility index (Phi) is 7.57. The first-order chi connectivity index (χ1) is 17.2. The fourth-order valence-electron chi connectivity index (χ4n) is 3.40. The molecule has 4 aromatic rings. The molecule has 1 saturated heterocycles. The Bertz CT molecular complexity index is 1320. The summed E-state index contributed by atoms with van der Waals surface area (Å²) in [6.07, 6.45) is 0. The largest absolute Gasteiger partial charge is 0.378 e. The highest BCUT2D eigenvalue weighted by molar-refractivity contribution is 8.01. The predicted molar refractivity (Wildman–Crippen MR) is 136 cm³/mol. The lowest BCUT2D eigenvalue weighted by Crippen LogP contribution is -2.41. The van der Waals surface area contributed by atoms with Crippen molar-refractivity contribution in [3.63, 3.8) is 0 Å². The zero-order valence-corrected chi connectivity index (χ0v) is 20.9. The summed E-state index contributed by atoms with van der Waals surface area (Å²) in [7, 11) is 0. The number of nitrogens with zero attached hydrogens (tertiary/aromatic N) is 6. The Morgan fingerprint density at radius 3 is 2.71 bits per heavy atom. The van der Waals surface area contributed by atoms with Crippen molar-refractivity contribution >= 4 is 62.6 Å². The van der Waals surface area contributed by atoms with Crippen molar-refractivity contribution in [1.82, 2.24) is 30.1 Å². The van der Waals surface area contributed by atoms with E-state index in [4.69, 9.17) is 4.74 Å². The number of ether oxygens (including phenoxy) is 1. The molecule has 0 spiro atoms. The minimum absolute atomic E-state index is 0.0984. The first kappa shape index (κ1) is 23.7. The molecule has 2 aromatic carbocycles. The number of fused-ring (bicyclic) bond motifs is 1. The molecule has 35 heavy (non-hydrogen) atoms. The number of amides is 2. The summed E-state index contributed by atoms with van der Waals surface area (Å²) >= 11 is 4.21. The van der Waals surface area contributed by atoms with Crippen molar-refractivity contribution in [2.75, 3.05) is 43.1 Å². The van der Waals surface area contributed by atoms with Crippen LogP contribution in [0.2, 0.25) is 0 Å². The van der Waals surface area contributed by atoms with Gasteiger partial charge in [-0.1, -0.05) is 41.7 Å². The lowest BCUT2D eigenvalue weighted by atomic mass is 10.3. The summed E-state index contributed by atoms with van der Waals surface area (Å²) in [6, 6.07) is 15.1. The third-order valence-electron chi connectivity index (χ3n) is 5.11. The predicted octanol–water partition coefficient (Wildman–Crippen LogP) is 2.95. The van der Waals surface area contributed by atoms with E-state index in [-0.39, 0.29) is 17.6 Å². The Morgan fingerprint density at radius 1 is 1.06 bits per heavy atom. The number of hydrogen-bond donors (Lipinski definition) is 1. The number of morpholine rings is 1. The maximum Gasteiger partial charge on any atom is 0.234 e. The molecular formula is C22H21N7O3S3. The average Bonchev–Trinajstić information content (AvgIpc) is 3.53. The van der Waals surface area contributed by atoms with Gasteiger partial charge in [0, 0.05) is 18.8 Å². The van der Waals surface area contributed by atoms with E-state index in [0.29, 0.717) is 42.9 Å². The SMILES string of the molecule is O=C(CSc1nnnn1-c1ccccc1)Nc1ccc2nc(SCC(=O)N3CCOCC3)sc2c1. The van der Waals surface area contributed by atoms with Gasteiger partial charge in [-0.2, -0.15) is 4.68 Å². The van der Waals surface area contributed by atoms with Crippen molar-refractivity contribution in [1.29, 1.82) is 0 Å². The molecule has 180 valence electrons. The van der Waals surface area contributed by atoms with Crippen LogP contribution < -0.4 is 5.32 Å². The van der Waals surface area contributed by atoms with Crippen LogP contribution in [0.1, 0.15) is 0 Å². The van der Waals surface area contributed by atoms with Gasteiger partial charge < -0.3 is 15.0 Å². The second kappa shape index (κ2) is 11.2. The number of anilines is 1. The number of tetrazole rings is 1. The van der Waals surface area contributed by atoms with Gasteiger partial charge in [0.2, 0.25) is 17.0 Å². The van der Waals surface area contributed by atoms with Gasteiger partial charge >= 0.3 is 0 Å². The van der Waals surface area contributed by atoms with Crippen LogP contribution in [-0.4, -0.2) is 79.7 Å². The highest BCUT2D eigenvalue weighted by Gasteiger charge is 2.18. The molecule has 2 amide bonds. The quantitative estimate of drug-likeness (QED) is 0.345. The summed E-state index contributed by atoms with van der Waals surface area (Å²) in [5.74, 6) is 0.454. The Labute approximate surface area is 213 Å². The number of para-hydroxylation sites is 1. The van der Waals surface area contributed by atoms with E-state index < -0.39 is 0 Å². The van der Waals surface area contributed by atoms with Crippen molar-refractivity contribution in [3.05, 3.63) is 48.5 Å². The highest BCUT2D eigenvalue weighted by Crippen LogP contribution is 2.31. The molecule has 0 atom stereocenters. The summed E-state index contributed by atoms with van der Waals surface area (Å²) in [4.78, 5) is 31.4. The monoisotopic (exact) mass is 527 g/mol. The summed E-state index contributed by atoms with van der Waals surface area (Å²) in [5, 5.41) is 15.2. The van der Waals surface area contributed by atoms with Gasteiger partial charge in [0.05, 0.1) is 40.6 Å². The number of carbonyl (C=O) groups is 2. The van der Waals surface area contributed by atoms with Crippen LogP contribution in [0.25, 0.3) is 15.9 Å². The van der Waals surface area contributed by atoms with E-state index >= 15 is 0 Å². The molecule has 0 unspecified atom stereocenters. The molecule has 0 saturated carbocycles. The second-order valence-corrected chi connectivity index (χ2v) is 10.7. The third kappa shape index (κ3) is 5.99. The van der Waals surface area contributed by atoms with Gasteiger partial charge in [0.1, 0.15) is 0 Å². The van der Waals surface area contributed by atoms with E-state index in [1.165, 1.54) is 34.9 Å². The Balaban J connectivity index is 1.16. The zero-order valence-electron chi connectivity index (χ0n) is 18.5. The molecule has 1 N–H and O–H groups in total. The fraction of sp³-hybridized carbons (Fsp3) is 0.273. The van der Waals surface area contributed by atoms with Crippen LogP contribution in [0.5, 0.6) is 0 Å². The molecule has 13 heteroatoms. The third-order valence-corrected chi connectivity index (χ3v) is 8.17. The minimum Gasteiger partial charge on any atom is -0.378 e. The number of nitrogens with one attached hydrogen (secondary N) is 1. The molecule has 5 rings (SSSR count). The topological polar surface area (TPSA) is 115 Å². The number of rotatable bonds is 8. The van der Waals surface area contributed by atoms with Crippen LogP contribution in [0.3, 0.4) is 0 Å². The number of thioether (sulfide) groups is 2. The standard InChI is InChI=1S/C22H21N7O3S3/c30-19(13-33-21-25-26-27-29(21)16-4-2-1-3-5-16)23-15-6-7-17-18(12-15)35-22(24-17)34-14-20(31)28-8-10-32-11-9-28/h1-7,12H,8-11,13-14H2,(H,23,30). The normalized spacial score (nSPS) is 13.8. The molecule has 0 radical (unpaired) electrons.